The Morgan fingerprint density at radius 3 is 1.87 bits per heavy atom. The summed E-state index contributed by atoms with van der Waals surface area (Å²) < 4.78 is 55.4. The normalized spacial score (nSPS) is 11.8. The molecule has 0 amide bonds. The minimum atomic E-state index is -3.81. The highest BCUT2D eigenvalue weighted by molar-refractivity contribution is 7.92. The van der Waals surface area contributed by atoms with Crippen LogP contribution in [0.5, 0.6) is 0 Å². The molecule has 6 nitrogen and oxygen atoms in total. The molecule has 30 heavy (non-hydrogen) atoms. The van der Waals surface area contributed by atoms with Crippen molar-refractivity contribution in [1.29, 1.82) is 0 Å². The maximum Gasteiger partial charge on any atom is 0.261 e. The molecule has 3 aromatic carbocycles. The Hall–Kier alpha value is -2.84. The van der Waals surface area contributed by atoms with Gasteiger partial charge >= 0.3 is 0 Å². The number of aryl methyl sites for hydroxylation is 3. The van der Waals surface area contributed by atoms with E-state index in [1.165, 1.54) is 24.3 Å². The predicted molar refractivity (Wildman–Crippen MR) is 121 cm³/mol. The summed E-state index contributed by atoms with van der Waals surface area (Å²) in [6.07, 6.45) is 0. The van der Waals surface area contributed by atoms with Gasteiger partial charge in [0.05, 0.1) is 16.3 Å². The second-order valence-corrected chi connectivity index (χ2v) is 10.7. The van der Waals surface area contributed by atoms with Gasteiger partial charge in [-0.3, -0.25) is 9.44 Å². The van der Waals surface area contributed by atoms with E-state index >= 15 is 0 Å². The van der Waals surface area contributed by atoms with Crippen LogP contribution < -0.4 is 9.44 Å². The van der Waals surface area contributed by atoms with Crippen LogP contribution in [0.2, 0.25) is 0 Å². The van der Waals surface area contributed by atoms with Crippen molar-refractivity contribution in [2.24, 2.45) is 0 Å². The Morgan fingerprint density at radius 2 is 1.30 bits per heavy atom. The first-order valence-corrected chi connectivity index (χ1v) is 12.4. The lowest BCUT2D eigenvalue weighted by molar-refractivity contribution is 0.599. The average molecular weight is 445 g/mol. The summed E-state index contributed by atoms with van der Waals surface area (Å²) in [5.41, 5.74) is 4.24. The van der Waals surface area contributed by atoms with Crippen molar-refractivity contribution in [2.75, 3.05) is 9.44 Å². The fourth-order valence-corrected chi connectivity index (χ4v) is 5.65. The minimum absolute atomic E-state index is 0.0490. The summed E-state index contributed by atoms with van der Waals surface area (Å²) in [5.74, 6) is -0.165. The summed E-state index contributed by atoms with van der Waals surface area (Å²) in [6.45, 7) is 5.65. The fraction of sp³-hybridized carbons (Fsp3) is 0.182. The van der Waals surface area contributed by atoms with E-state index in [-0.39, 0.29) is 10.6 Å². The zero-order valence-corrected chi connectivity index (χ0v) is 18.6. The number of hydrogen-bond acceptors (Lipinski definition) is 4. The Morgan fingerprint density at radius 1 is 0.733 bits per heavy atom. The van der Waals surface area contributed by atoms with E-state index in [1.807, 2.05) is 39.0 Å². The van der Waals surface area contributed by atoms with Gasteiger partial charge in [-0.1, -0.05) is 48.0 Å². The smallest absolute Gasteiger partial charge is 0.261 e. The van der Waals surface area contributed by atoms with E-state index in [0.717, 1.165) is 16.7 Å². The molecular formula is C22H24N2O4S2. The highest BCUT2D eigenvalue weighted by atomic mass is 32.2. The molecule has 0 saturated carbocycles. The maximum absolute atomic E-state index is 12.8. The predicted octanol–water partition coefficient (Wildman–Crippen LogP) is 4.35. The minimum Gasteiger partial charge on any atom is -0.283 e. The summed E-state index contributed by atoms with van der Waals surface area (Å²) in [6, 6.07) is 18.3. The second-order valence-electron chi connectivity index (χ2n) is 7.25. The Bertz CT molecular complexity index is 1230. The van der Waals surface area contributed by atoms with Crippen molar-refractivity contribution in [3.63, 3.8) is 0 Å². The molecule has 2 N–H and O–H groups in total. The first kappa shape index (κ1) is 21.9. The molecular weight excluding hydrogens is 420 g/mol. The van der Waals surface area contributed by atoms with Crippen LogP contribution in [0.15, 0.2) is 71.6 Å². The maximum atomic E-state index is 12.8. The first-order valence-electron chi connectivity index (χ1n) is 9.31. The first-order chi connectivity index (χ1) is 14.1. The van der Waals surface area contributed by atoms with E-state index in [9.17, 15) is 16.8 Å². The molecule has 3 aromatic rings. The summed E-state index contributed by atoms with van der Waals surface area (Å²) in [7, 11) is -7.42. The zero-order chi connectivity index (χ0) is 21.9. The van der Waals surface area contributed by atoms with Crippen LogP contribution in [0.1, 0.15) is 22.3 Å². The third kappa shape index (κ3) is 5.40. The summed E-state index contributed by atoms with van der Waals surface area (Å²) in [4.78, 5) is 0.0490. The molecule has 0 atom stereocenters. The van der Waals surface area contributed by atoms with Gasteiger partial charge in [-0.05, 0) is 61.7 Å². The third-order valence-electron chi connectivity index (χ3n) is 4.55. The lowest BCUT2D eigenvalue weighted by Crippen LogP contribution is -2.16. The van der Waals surface area contributed by atoms with E-state index in [2.05, 4.69) is 9.44 Å². The van der Waals surface area contributed by atoms with E-state index < -0.39 is 20.0 Å². The van der Waals surface area contributed by atoms with Crippen LogP contribution in [0.4, 0.5) is 11.4 Å². The van der Waals surface area contributed by atoms with Crippen LogP contribution in [-0.2, 0) is 25.8 Å². The molecule has 0 aliphatic carbocycles. The van der Waals surface area contributed by atoms with Gasteiger partial charge < -0.3 is 0 Å². The number of rotatable bonds is 7. The SMILES string of the molecule is Cc1cc(C)c(NS(=O)(=O)c2ccc(NS(=O)(=O)Cc3ccccc3)cc2)c(C)c1. The highest BCUT2D eigenvalue weighted by Crippen LogP contribution is 2.26. The standard InChI is InChI=1S/C22H24N2O4S2/c1-16-13-17(2)22(18(3)14-16)24-30(27,28)21-11-9-20(10-12-21)23-29(25,26)15-19-7-5-4-6-8-19/h4-14,23-24H,15H2,1-3H3. The monoisotopic (exact) mass is 444 g/mol. The highest BCUT2D eigenvalue weighted by Gasteiger charge is 2.18. The van der Waals surface area contributed by atoms with Gasteiger partial charge in [0.15, 0.2) is 0 Å². The topological polar surface area (TPSA) is 92.3 Å². The third-order valence-corrected chi connectivity index (χ3v) is 7.18. The lowest BCUT2D eigenvalue weighted by Gasteiger charge is -2.15. The van der Waals surface area contributed by atoms with Crippen molar-refractivity contribution in [3.8, 4) is 0 Å². The van der Waals surface area contributed by atoms with Crippen LogP contribution in [0, 0.1) is 20.8 Å². The van der Waals surface area contributed by atoms with Gasteiger partial charge in [0, 0.05) is 5.69 Å². The number of benzene rings is 3. The molecule has 0 saturated heterocycles. The molecule has 3 rings (SSSR count). The van der Waals surface area contributed by atoms with E-state index in [4.69, 9.17) is 0 Å². The van der Waals surface area contributed by atoms with Crippen LogP contribution >= 0.6 is 0 Å². The molecule has 158 valence electrons. The molecule has 0 aliphatic rings. The number of sulfonamides is 2. The quantitative estimate of drug-likeness (QED) is 0.566. The Kier molecular flexibility index (Phi) is 6.19. The summed E-state index contributed by atoms with van der Waals surface area (Å²) >= 11 is 0. The molecule has 0 aliphatic heterocycles. The van der Waals surface area contributed by atoms with Crippen molar-refractivity contribution in [2.45, 2.75) is 31.4 Å². The van der Waals surface area contributed by atoms with Crippen LogP contribution in [-0.4, -0.2) is 16.8 Å². The van der Waals surface area contributed by atoms with E-state index in [1.54, 1.807) is 24.3 Å². The second kappa shape index (κ2) is 8.49. The van der Waals surface area contributed by atoms with Crippen molar-refractivity contribution < 1.29 is 16.8 Å². The molecule has 0 aromatic heterocycles. The van der Waals surface area contributed by atoms with Crippen LogP contribution in [0.3, 0.4) is 0 Å². The number of hydrogen-bond donors (Lipinski definition) is 2. The number of anilines is 2. The zero-order valence-electron chi connectivity index (χ0n) is 17.0. The van der Waals surface area contributed by atoms with Gasteiger partial charge in [0.25, 0.3) is 10.0 Å². The van der Waals surface area contributed by atoms with Gasteiger partial charge in [-0.25, -0.2) is 16.8 Å². The molecule has 0 bridgehead atoms. The molecule has 8 heteroatoms. The molecule has 0 spiro atoms. The van der Waals surface area contributed by atoms with E-state index in [0.29, 0.717) is 16.9 Å². The van der Waals surface area contributed by atoms with Gasteiger partial charge in [0.1, 0.15) is 0 Å². The van der Waals surface area contributed by atoms with Crippen molar-refractivity contribution in [1.82, 2.24) is 0 Å². The average Bonchev–Trinajstić information content (AvgIpc) is 2.65. The van der Waals surface area contributed by atoms with Crippen molar-refractivity contribution >= 4 is 31.4 Å². The van der Waals surface area contributed by atoms with Gasteiger partial charge in [-0.15, -0.1) is 0 Å². The fourth-order valence-electron chi connectivity index (χ4n) is 3.25. The van der Waals surface area contributed by atoms with Gasteiger partial charge in [0.2, 0.25) is 10.0 Å². The summed E-state index contributed by atoms with van der Waals surface area (Å²) in [5, 5.41) is 0. The lowest BCUT2D eigenvalue weighted by atomic mass is 10.1. The Balaban J connectivity index is 1.76. The van der Waals surface area contributed by atoms with Crippen molar-refractivity contribution in [3.05, 3.63) is 89.0 Å². The number of nitrogens with one attached hydrogen (secondary N) is 2. The molecule has 0 heterocycles. The molecule has 0 unspecified atom stereocenters. The van der Waals surface area contributed by atoms with Crippen LogP contribution in [0.25, 0.3) is 0 Å². The Labute approximate surface area is 178 Å². The largest absolute Gasteiger partial charge is 0.283 e. The molecule has 0 radical (unpaired) electrons. The van der Waals surface area contributed by atoms with Gasteiger partial charge in [-0.2, -0.15) is 0 Å². The molecule has 0 fully saturated rings.